The molecule has 1 aliphatic rings. The number of nitrogens with one attached hydrogen (secondary N) is 1. The molecule has 3 aromatic rings. The monoisotopic (exact) mass is 423 g/mol. The van der Waals surface area contributed by atoms with Gasteiger partial charge in [0.25, 0.3) is 5.56 Å². The SMILES string of the molecule is Cc1nnc(SCCCn2c(N3CCOCC3)nc3c2c(=O)[nH]c(=O)n3C)s1. The molecule has 0 atom stereocenters. The Morgan fingerprint density at radius 1 is 1.25 bits per heavy atom. The van der Waals surface area contributed by atoms with E-state index >= 15 is 0 Å². The summed E-state index contributed by atoms with van der Waals surface area (Å²) in [5.74, 6) is 1.56. The van der Waals surface area contributed by atoms with Crippen LogP contribution in [0.25, 0.3) is 11.2 Å². The lowest BCUT2D eigenvalue weighted by Crippen LogP contribution is -2.38. The molecule has 1 aliphatic heterocycles. The highest BCUT2D eigenvalue weighted by Gasteiger charge is 2.22. The Kier molecular flexibility index (Phi) is 5.51. The molecule has 0 aromatic carbocycles. The van der Waals surface area contributed by atoms with Gasteiger partial charge < -0.3 is 14.2 Å². The van der Waals surface area contributed by atoms with Crippen LogP contribution in [0.1, 0.15) is 11.4 Å². The third kappa shape index (κ3) is 3.71. The highest BCUT2D eigenvalue weighted by atomic mass is 32.2. The predicted molar refractivity (Wildman–Crippen MR) is 109 cm³/mol. The summed E-state index contributed by atoms with van der Waals surface area (Å²) in [7, 11) is 1.62. The number of thioether (sulfide) groups is 1. The van der Waals surface area contributed by atoms with Crippen molar-refractivity contribution in [2.24, 2.45) is 7.05 Å². The first-order valence-electron chi connectivity index (χ1n) is 9.00. The number of aryl methyl sites for hydroxylation is 3. The Labute approximate surface area is 168 Å². The van der Waals surface area contributed by atoms with Gasteiger partial charge in [-0.15, -0.1) is 10.2 Å². The fourth-order valence-electron chi connectivity index (χ4n) is 3.16. The lowest BCUT2D eigenvalue weighted by atomic mass is 10.4. The number of nitrogens with zero attached hydrogens (tertiary/aromatic N) is 6. The lowest BCUT2D eigenvalue weighted by Gasteiger charge is -2.28. The van der Waals surface area contributed by atoms with Crippen molar-refractivity contribution in [2.75, 3.05) is 37.0 Å². The minimum absolute atomic E-state index is 0.405. The molecule has 10 nitrogen and oxygen atoms in total. The van der Waals surface area contributed by atoms with Crippen LogP contribution in [-0.4, -0.2) is 61.4 Å². The normalized spacial score (nSPS) is 14.9. The Bertz CT molecular complexity index is 1090. The number of aromatic amines is 1. The summed E-state index contributed by atoms with van der Waals surface area (Å²) in [6, 6.07) is 0. The minimum Gasteiger partial charge on any atom is -0.378 e. The van der Waals surface area contributed by atoms with E-state index in [1.54, 1.807) is 30.1 Å². The van der Waals surface area contributed by atoms with Gasteiger partial charge in [0.15, 0.2) is 15.5 Å². The second-order valence-corrected chi connectivity index (χ2v) is 8.97. The number of aromatic nitrogens is 6. The van der Waals surface area contributed by atoms with E-state index in [9.17, 15) is 9.59 Å². The third-order valence-corrected chi connectivity index (χ3v) is 6.60. The van der Waals surface area contributed by atoms with Crippen LogP contribution < -0.4 is 16.1 Å². The molecule has 3 aromatic heterocycles. The number of anilines is 1. The van der Waals surface area contributed by atoms with Crippen LogP contribution in [0.4, 0.5) is 5.95 Å². The van der Waals surface area contributed by atoms with Crippen molar-refractivity contribution in [1.82, 2.24) is 29.3 Å². The highest BCUT2D eigenvalue weighted by molar-refractivity contribution is 8.01. The highest BCUT2D eigenvalue weighted by Crippen LogP contribution is 2.24. The summed E-state index contributed by atoms with van der Waals surface area (Å²) in [5, 5.41) is 9.10. The van der Waals surface area contributed by atoms with Gasteiger partial charge >= 0.3 is 5.69 Å². The number of hydrogen-bond donors (Lipinski definition) is 1. The Morgan fingerprint density at radius 3 is 2.75 bits per heavy atom. The molecule has 0 bridgehead atoms. The fraction of sp³-hybridized carbons (Fsp3) is 0.562. The summed E-state index contributed by atoms with van der Waals surface area (Å²) in [4.78, 5) is 33.6. The molecule has 0 unspecified atom stereocenters. The van der Waals surface area contributed by atoms with Gasteiger partial charge in [-0.1, -0.05) is 23.1 Å². The van der Waals surface area contributed by atoms with Gasteiger partial charge in [0.1, 0.15) is 5.01 Å². The molecule has 28 heavy (non-hydrogen) atoms. The fourth-order valence-corrected chi connectivity index (χ4v) is 4.97. The van der Waals surface area contributed by atoms with Crippen LogP contribution in [-0.2, 0) is 18.3 Å². The maximum Gasteiger partial charge on any atom is 0.329 e. The van der Waals surface area contributed by atoms with Crippen molar-refractivity contribution in [3.8, 4) is 0 Å². The zero-order valence-electron chi connectivity index (χ0n) is 15.7. The lowest BCUT2D eigenvalue weighted by molar-refractivity contribution is 0.121. The minimum atomic E-state index is -0.460. The van der Waals surface area contributed by atoms with E-state index in [1.165, 1.54) is 4.57 Å². The summed E-state index contributed by atoms with van der Waals surface area (Å²) in [5.41, 5.74) is -0.0293. The molecule has 1 N–H and O–H groups in total. The van der Waals surface area contributed by atoms with E-state index in [1.807, 2.05) is 11.5 Å². The molecule has 1 saturated heterocycles. The standard InChI is InChI=1S/C16H21N7O3S2/c1-10-19-20-16(28-10)27-9-3-4-23-11-12(21(2)15(25)18-13(11)24)17-14(23)22-5-7-26-8-6-22/h3-9H2,1-2H3,(H,18,24,25). The Hall–Kier alpha value is -2.18. The van der Waals surface area contributed by atoms with Gasteiger partial charge in [-0.2, -0.15) is 4.98 Å². The van der Waals surface area contributed by atoms with Gasteiger partial charge in [0, 0.05) is 32.4 Å². The molecular formula is C16H21N7O3S2. The van der Waals surface area contributed by atoms with Crippen LogP contribution >= 0.6 is 23.1 Å². The Morgan fingerprint density at radius 2 is 2.04 bits per heavy atom. The summed E-state index contributed by atoms with van der Waals surface area (Å²) >= 11 is 3.23. The Balaban J connectivity index is 1.63. The number of fused-ring (bicyclic) bond motifs is 1. The van der Waals surface area contributed by atoms with Crippen molar-refractivity contribution in [3.05, 3.63) is 25.8 Å². The van der Waals surface area contributed by atoms with Crippen LogP contribution in [0.15, 0.2) is 13.9 Å². The van der Waals surface area contributed by atoms with E-state index in [4.69, 9.17) is 4.74 Å². The van der Waals surface area contributed by atoms with Crippen LogP contribution in [0, 0.1) is 6.92 Å². The van der Waals surface area contributed by atoms with Gasteiger partial charge in [-0.3, -0.25) is 14.3 Å². The number of ether oxygens (including phenoxy) is 1. The summed E-state index contributed by atoms with van der Waals surface area (Å²) < 4.78 is 9.69. The number of morpholine rings is 1. The molecule has 0 saturated carbocycles. The molecular weight excluding hydrogens is 402 g/mol. The molecule has 150 valence electrons. The van der Waals surface area contributed by atoms with E-state index in [-0.39, 0.29) is 0 Å². The molecule has 12 heteroatoms. The van der Waals surface area contributed by atoms with Crippen molar-refractivity contribution in [3.63, 3.8) is 0 Å². The van der Waals surface area contributed by atoms with E-state index < -0.39 is 11.2 Å². The largest absolute Gasteiger partial charge is 0.378 e. The predicted octanol–water partition coefficient (Wildman–Crippen LogP) is 0.602. The number of rotatable bonds is 6. The number of H-pyrrole nitrogens is 1. The number of hydrogen-bond acceptors (Lipinski definition) is 9. The first kappa shape index (κ1) is 19.2. The zero-order valence-corrected chi connectivity index (χ0v) is 17.3. The zero-order chi connectivity index (χ0) is 19.7. The maximum atomic E-state index is 12.5. The van der Waals surface area contributed by atoms with Crippen molar-refractivity contribution in [1.29, 1.82) is 0 Å². The van der Waals surface area contributed by atoms with Gasteiger partial charge in [0.2, 0.25) is 5.95 Å². The smallest absolute Gasteiger partial charge is 0.329 e. The average molecular weight is 424 g/mol. The van der Waals surface area contributed by atoms with Gasteiger partial charge in [0.05, 0.1) is 13.2 Å². The maximum absolute atomic E-state index is 12.5. The van der Waals surface area contributed by atoms with Crippen LogP contribution in [0.3, 0.4) is 0 Å². The first-order chi connectivity index (χ1) is 13.5. The second-order valence-electron chi connectivity index (χ2n) is 6.44. The summed E-state index contributed by atoms with van der Waals surface area (Å²) in [6.45, 7) is 5.19. The second kappa shape index (κ2) is 8.05. The molecule has 0 amide bonds. The van der Waals surface area contributed by atoms with E-state index in [0.29, 0.717) is 50.0 Å². The molecule has 4 rings (SSSR count). The molecule has 0 spiro atoms. The van der Waals surface area contributed by atoms with Gasteiger partial charge in [-0.25, -0.2) is 4.79 Å². The first-order valence-corrected chi connectivity index (χ1v) is 10.8. The van der Waals surface area contributed by atoms with Crippen LogP contribution in [0.5, 0.6) is 0 Å². The molecule has 0 radical (unpaired) electrons. The molecule has 1 fully saturated rings. The summed E-state index contributed by atoms with van der Waals surface area (Å²) in [6.07, 6.45) is 0.828. The third-order valence-electron chi connectivity index (χ3n) is 4.54. The van der Waals surface area contributed by atoms with E-state index in [2.05, 4.69) is 25.1 Å². The number of imidazole rings is 1. The van der Waals surface area contributed by atoms with E-state index in [0.717, 1.165) is 21.5 Å². The van der Waals surface area contributed by atoms with Gasteiger partial charge in [-0.05, 0) is 13.3 Å². The van der Waals surface area contributed by atoms with Crippen molar-refractivity contribution < 1.29 is 4.74 Å². The van der Waals surface area contributed by atoms with Crippen molar-refractivity contribution >= 4 is 40.2 Å². The molecule has 4 heterocycles. The van der Waals surface area contributed by atoms with Crippen LogP contribution in [0.2, 0.25) is 0 Å². The quantitative estimate of drug-likeness (QED) is 0.453. The topological polar surface area (TPSA) is 111 Å². The average Bonchev–Trinajstić information content (AvgIpc) is 3.28. The molecule has 0 aliphatic carbocycles. The van der Waals surface area contributed by atoms with Crippen molar-refractivity contribution in [2.45, 2.75) is 24.2 Å².